The van der Waals surface area contributed by atoms with Crippen LogP contribution in [-0.4, -0.2) is 90.0 Å². The smallest absolute Gasteiger partial charge is 0.332 e. The molecule has 0 atom stereocenters. The van der Waals surface area contributed by atoms with Gasteiger partial charge in [0.2, 0.25) is 5.41 Å². The molecule has 258 valence electrons. The lowest BCUT2D eigenvalue weighted by atomic mass is 9.79. The van der Waals surface area contributed by atoms with Gasteiger partial charge in [-0.2, -0.15) is 0 Å². The summed E-state index contributed by atoms with van der Waals surface area (Å²) in [6.45, 7) is -0.183. The van der Waals surface area contributed by atoms with Crippen LogP contribution in [0.4, 0.5) is 0 Å². The van der Waals surface area contributed by atoms with Crippen LogP contribution < -0.4 is 14.2 Å². The van der Waals surface area contributed by atoms with Crippen LogP contribution in [0.1, 0.15) is 30.5 Å². The van der Waals surface area contributed by atoms with E-state index in [0.717, 1.165) is 0 Å². The second kappa shape index (κ2) is 17.7. The summed E-state index contributed by atoms with van der Waals surface area (Å²) in [4.78, 5) is 50.8. The molecule has 0 bridgehead atoms. The molecule has 0 saturated carbocycles. The van der Waals surface area contributed by atoms with E-state index in [9.17, 15) is 19.2 Å². The van der Waals surface area contributed by atoms with E-state index in [1.54, 1.807) is 86.6 Å². The first-order valence-corrected chi connectivity index (χ1v) is 15.0. The maximum Gasteiger partial charge on any atom is 0.332 e. The van der Waals surface area contributed by atoms with Crippen LogP contribution in [-0.2, 0) is 48.5 Å². The fourth-order valence-corrected chi connectivity index (χ4v) is 4.82. The highest BCUT2D eigenvalue weighted by Crippen LogP contribution is 2.43. The van der Waals surface area contributed by atoms with E-state index in [1.807, 2.05) is 0 Å². The third-order valence-electron chi connectivity index (χ3n) is 7.28. The maximum absolute atomic E-state index is 13.7. The Morgan fingerprint density at radius 2 is 0.979 bits per heavy atom. The second-order valence-electron chi connectivity index (χ2n) is 10.2. The molecule has 0 saturated heterocycles. The summed E-state index contributed by atoms with van der Waals surface area (Å²) in [6.07, 6.45) is 0. The molecule has 3 rings (SSSR count). The lowest BCUT2D eigenvalue weighted by molar-refractivity contribution is -0.188. The lowest BCUT2D eigenvalue weighted by Gasteiger charge is -2.39. The number of rotatable bonds is 19. The molecular formula is C35H40O13. The van der Waals surface area contributed by atoms with Crippen LogP contribution >= 0.6 is 0 Å². The van der Waals surface area contributed by atoms with Crippen molar-refractivity contribution in [2.24, 2.45) is 5.41 Å². The summed E-state index contributed by atoms with van der Waals surface area (Å²) >= 11 is 0. The van der Waals surface area contributed by atoms with E-state index in [2.05, 4.69) is 0 Å². The molecule has 0 aliphatic carbocycles. The Morgan fingerprint density at radius 1 is 0.583 bits per heavy atom. The van der Waals surface area contributed by atoms with Crippen molar-refractivity contribution in [2.45, 2.75) is 19.4 Å². The molecule has 0 heterocycles. The second-order valence-corrected chi connectivity index (χ2v) is 10.2. The van der Waals surface area contributed by atoms with Crippen LogP contribution in [0.15, 0.2) is 72.8 Å². The van der Waals surface area contributed by atoms with Crippen molar-refractivity contribution in [2.75, 3.05) is 61.0 Å². The van der Waals surface area contributed by atoms with Crippen molar-refractivity contribution in [1.29, 1.82) is 0 Å². The van der Waals surface area contributed by atoms with Crippen molar-refractivity contribution >= 4 is 23.9 Å². The first kappa shape index (κ1) is 37.3. The molecular weight excluding hydrogens is 628 g/mol. The van der Waals surface area contributed by atoms with Crippen molar-refractivity contribution in [1.82, 2.24) is 0 Å². The summed E-state index contributed by atoms with van der Waals surface area (Å²) in [5.41, 5.74) is -2.08. The molecule has 0 aliphatic rings. The maximum atomic E-state index is 13.7. The van der Waals surface area contributed by atoms with E-state index in [-0.39, 0.29) is 13.2 Å². The van der Waals surface area contributed by atoms with Gasteiger partial charge in [0.25, 0.3) is 0 Å². The molecule has 0 unspecified atom stereocenters. The van der Waals surface area contributed by atoms with Gasteiger partial charge in [0.15, 0.2) is 0 Å². The fourth-order valence-electron chi connectivity index (χ4n) is 4.82. The summed E-state index contributed by atoms with van der Waals surface area (Å²) in [6, 6.07) is 21.1. The van der Waals surface area contributed by atoms with Gasteiger partial charge in [-0.05, 0) is 66.9 Å². The number of methoxy groups -OCH3 is 3. The largest absolute Gasteiger partial charge is 0.497 e. The average Bonchev–Trinajstić information content (AvgIpc) is 3.10. The number of aliphatic carboxylic acids is 1. The highest BCUT2D eigenvalue weighted by atomic mass is 16.6. The number of benzene rings is 3. The van der Waals surface area contributed by atoms with Crippen molar-refractivity contribution < 1.29 is 62.2 Å². The average molecular weight is 669 g/mol. The van der Waals surface area contributed by atoms with Crippen LogP contribution in [0, 0.1) is 5.41 Å². The molecule has 0 aromatic heterocycles. The van der Waals surface area contributed by atoms with Crippen molar-refractivity contribution in [3.8, 4) is 17.2 Å². The third kappa shape index (κ3) is 8.81. The van der Waals surface area contributed by atoms with Crippen LogP contribution in [0.25, 0.3) is 0 Å². The normalized spacial score (nSPS) is 11.3. The number of esters is 3. The summed E-state index contributed by atoms with van der Waals surface area (Å²) in [5, 5.41) is 8.83. The first-order chi connectivity index (χ1) is 23.1. The topological polar surface area (TPSA) is 162 Å². The third-order valence-corrected chi connectivity index (χ3v) is 7.28. The molecule has 48 heavy (non-hydrogen) atoms. The van der Waals surface area contributed by atoms with Crippen LogP contribution in [0.3, 0.4) is 0 Å². The Hall–Kier alpha value is -5.14. The summed E-state index contributed by atoms with van der Waals surface area (Å²) in [5.74, 6) is -2.73. The molecule has 3 aromatic rings. The summed E-state index contributed by atoms with van der Waals surface area (Å²) < 4.78 is 43.8. The Labute approximate surface area is 278 Å². The zero-order valence-corrected chi connectivity index (χ0v) is 27.5. The quantitative estimate of drug-likeness (QED) is 0.0851. The van der Waals surface area contributed by atoms with Gasteiger partial charge in [-0.1, -0.05) is 36.4 Å². The van der Waals surface area contributed by atoms with E-state index < -0.39 is 61.3 Å². The molecule has 0 fully saturated rings. The van der Waals surface area contributed by atoms with Crippen LogP contribution in [0.2, 0.25) is 0 Å². The number of carboxylic acid groups (broad SMARTS) is 1. The SMILES string of the molecule is CCOC(=O)C(COC(=O)COCC(=O)O)(COC(c1ccc(OC)cc1)(c1ccc(OC)cc1)c1ccc(OC)cc1)C(=O)OCC. The Kier molecular flexibility index (Phi) is 13.8. The number of ether oxygens (including phenoxy) is 8. The minimum absolute atomic E-state index is 0.115. The van der Waals surface area contributed by atoms with Gasteiger partial charge < -0.3 is 43.0 Å². The molecule has 0 spiro atoms. The zero-order chi connectivity index (χ0) is 35.2. The van der Waals surface area contributed by atoms with Gasteiger partial charge in [0.05, 0.1) is 41.2 Å². The molecule has 13 heteroatoms. The van der Waals surface area contributed by atoms with E-state index >= 15 is 0 Å². The number of carboxylic acids is 1. The fraction of sp³-hybridized carbons (Fsp3) is 0.371. The molecule has 13 nitrogen and oxygen atoms in total. The molecule has 0 amide bonds. The highest BCUT2D eigenvalue weighted by molar-refractivity contribution is 6.00. The minimum atomic E-state index is -2.31. The molecule has 0 aliphatic heterocycles. The lowest BCUT2D eigenvalue weighted by Crippen LogP contribution is -2.52. The zero-order valence-electron chi connectivity index (χ0n) is 27.5. The number of carbonyl (C=O) groups excluding carboxylic acids is 3. The molecule has 1 N–H and O–H groups in total. The predicted octanol–water partition coefficient (Wildman–Crippen LogP) is 3.78. The highest BCUT2D eigenvalue weighted by Gasteiger charge is 2.53. The van der Waals surface area contributed by atoms with E-state index in [0.29, 0.717) is 33.9 Å². The first-order valence-electron chi connectivity index (χ1n) is 15.0. The molecule has 3 aromatic carbocycles. The van der Waals surface area contributed by atoms with Gasteiger partial charge in [-0.3, -0.25) is 9.59 Å². The van der Waals surface area contributed by atoms with E-state index in [4.69, 9.17) is 43.0 Å². The van der Waals surface area contributed by atoms with Gasteiger partial charge in [0.1, 0.15) is 42.7 Å². The molecule has 0 radical (unpaired) electrons. The predicted molar refractivity (Wildman–Crippen MR) is 170 cm³/mol. The summed E-state index contributed by atoms with van der Waals surface area (Å²) in [7, 11) is 4.60. The minimum Gasteiger partial charge on any atom is -0.497 e. The van der Waals surface area contributed by atoms with Crippen molar-refractivity contribution in [3.05, 3.63) is 89.5 Å². The van der Waals surface area contributed by atoms with Gasteiger partial charge in [-0.15, -0.1) is 0 Å². The standard InChI is InChI=1S/C35H40O13/c1-6-45-32(39)34(33(40)46-7-2,22-47-31(38)21-44-20-30(36)37)23-48-35(24-8-14-27(41-3)15-9-24,25-10-16-28(42-4)17-11-25)26-12-18-29(43-5)19-13-26/h8-19H,6-7,20-23H2,1-5H3,(H,36,37). The van der Waals surface area contributed by atoms with Gasteiger partial charge >= 0.3 is 23.9 Å². The Balaban J connectivity index is 2.24. The van der Waals surface area contributed by atoms with E-state index in [1.165, 1.54) is 21.3 Å². The van der Waals surface area contributed by atoms with Crippen molar-refractivity contribution in [3.63, 3.8) is 0 Å². The van der Waals surface area contributed by atoms with Gasteiger partial charge in [0, 0.05) is 0 Å². The van der Waals surface area contributed by atoms with Crippen LogP contribution in [0.5, 0.6) is 17.2 Å². The number of carbonyl (C=O) groups is 4. The number of hydrogen-bond acceptors (Lipinski definition) is 12. The monoisotopic (exact) mass is 668 g/mol. The van der Waals surface area contributed by atoms with Gasteiger partial charge in [-0.25, -0.2) is 9.59 Å². The Bertz CT molecular complexity index is 1370. The Morgan fingerprint density at radius 3 is 1.31 bits per heavy atom. The number of hydrogen-bond donors (Lipinski definition) is 1.